The van der Waals surface area contributed by atoms with E-state index in [9.17, 15) is 13.2 Å². The molecule has 0 unspecified atom stereocenters. The van der Waals surface area contributed by atoms with Gasteiger partial charge in [0.1, 0.15) is 0 Å². The minimum Gasteiger partial charge on any atom is -0.376 e. The SMILES string of the molecule is CS(=O)(=O)N(Cc1ccccc1Cl)c1ccc(C(=O)NC[C@@H]2CCCO2)cc1. The second-order valence-electron chi connectivity index (χ2n) is 6.75. The van der Waals surface area contributed by atoms with E-state index >= 15 is 0 Å². The van der Waals surface area contributed by atoms with Crippen LogP contribution in [0.15, 0.2) is 48.5 Å². The van der Waals surface area contributed by atoms with Crippen LogP contribution in [-0.2, 0) is 21.3 Å². The number of anilines is 1. The first-order chi connectivity index (χ1) is 13.3. The molecule has 0 spiro atoms. The van der Waals surface area contributed by atoms with Crippen molar-refractivity contribution in [2.75, 3.05) is 23.7 Å². The fourth-order valence-electron chi connectivity index (χ4n) is 3.07. The third kappa shape index (κ3) is 5.25. The highest BCUT2D eigenvalue weighted by Crippen LogP contribution is 2.24. The van der Waals surface area contributed by atoms with Crippen molar-refractivity contribution >= 4 is 33.2 Å². The Hall–Kier alpha value is -2.09. The van der Waals surface area contributed by atoms with Crippen molar-refractivity contribution < 1.29 is 17.9 Å². The highest BCUT2D eigenvalue weighted by atomic mass is 35.5. The minimum absolute atomic E-state index is 0.0690. The molecule has 3 rings (SSSR count). The topological polar surface area (TPSA) is 75.7 Å². The van der Waals surface area contributed by atoms with Gasteiger partial charge in [0, 0.05) is 23.7 Å². The summed E-state index contributed by atoms with van der Waals surface area (Å²) in [7, 11) is -3.53. The van der Waals surface area contributed by atoms with E-state index in [-0.39, 0.29) is 18.6 Å². The molecule has 2 aromatic rings. The van der Waals surface area contributed by atoms with Crippen LogP contribution in [0.2, 0.25) is 5.02 Å². The second-order valence-corrected chi connectivity index (χ2v) is 9.07. The van der Waals surface area contributed by atoms with Crippen LogP contribution in [0.4, 0.5) is 5.69 Å². The summed E-state index contributed by atoms with van der Waals surface area (Å²) in [5.74, 6) is -0.209. The van der Waals surface area contributed by atoms with Crippen LogP contribution in [-0.4, -0.2) is 39.8 Å². The zero-order chi connectivity index (χ0) is 20.1. The first-order valence-corrected chi connectivity index (χ1v) is 11.3. The summed E-state index contributed by atoms with van der Waals surface area (Å²) in [5, 5.41) is 3.36. The lowest BCUT2D eigenvalue weighted by atomic mass is 10.1. The number of amides is 1. The summed E-state index contributed by atoms with van der Waals surface area (Å²) in [6, 6.07) is 13.6. The molecule has 0 bridgehead atoms. The molecular formula is C20H23ClN2O4S. The summed E-state index contributed by atoms with van der Waals surface area (Å²) >= 11 is 6.18. The highest BCUT2D eigenvalue weighted by molar-refractivity contribution is 7.92. The molecule has 6 nitrogen and oxygen atoms in total. The fraction of sp³-hybridized carbons (Fsp3) is 0.350. The van der Waals surface area contributed by atoms with Gasteiger partial charge in [-0.2, -0.15) is 0 Å². The smallest absolute Gasteiger partial charge is 0.251 e. The number of hydrogen-bond acceptors (Lipinski definition) is 4. The zero-order valence-corrected chi connectivity index (χ0v) is 17.2. The molecule has 1 heterocycles. The molecule has 1 N–H and O–H groups in total. The number of carbonyl (C=O) groups is 1. The van der Waals surface area contributed by atoms with Crippen LogP contribution in [0.3, 0.4) is 0 Å². The predicted octanol–water partition coefficient (Wildman–Crippen LogP) is 3.22. The summed E-state index contributed by atoms with van der Waals surface area (Å²) in [5.41, 5.74) is 1.64. The van der Waals surface area contributed by atoms with Gasteiger partial charge in [-0.15, -0.1) is 0 Å². The molecule has 1 aliphatic rings. The van der Waals surface area contributed by atoms with Crippen molar-refractivity contribution in [2.45, 2.75) is 25.5 Å². The van der Waals surface area contributed by atoms with E-state index in [1.54, 1.807) is 42.5 Å². The summed E-state index contributed by atoms with van der Waals surface area (Å²) in [6.07, 6.45) is 3.18. The molecule has 2 aromatic carbocycles. The molecule has 1 fully saturated rings. The van der Waals surface area contributed by atoms with E-state index in [0.717, 1.165) is 25.7 Å². The Morgan fingerprint density at radius 3 is 2.54 bits per heavy atom. The maximum atomic E-state index is 12.3. The first-order valence-electron chi connectivity index (χ1n) is 9.05. The number of rotatable bonds is 7. The van der Waals surface area contributed by atoms with Gasteiger partial charge < -0.3 is 10.1 Å². The maximum absolute atomic E-state index is 12.3. The lowest BCUT2D eigenvalue weighted by molar-refractivity contribution is 0.0858. The van der Waals surface area contributed by atoms with Crippen LogP contribution in [0.25, 0.3) is 0 Å². The number of nitrogens with one attached hydrogen (secondary N) is 1. The average Bonchev–Trinajstić information content (AvgIpc) is 3.18. The zero-order valence-electron chi connectivity index (χ0n) is 15.6. The quantitative estimate of drug-likeness (QED) is 0.743. The van der Waals surface area contributed by atoms with E-state index in [2.05, 4.69) is 5.32 Å². The third-order valence-electron chi connectivity index (χ3n) is 4.60. The Morgan fingerprint density at radius 1 is 1.21 bits per heavy atom. The van der Waals surface area contributed by atoms with Crippen molar-refractivity contribution in [3.8, 4) is 0 Å². The van der Waals surface area contributed by atoms with Gasteiger partial charge >= 0.3 is 0 Å². The van der Waals surface area contributed by atoms with E-state index in [1.807, 2.05) is 6.07 Å². The Balaban J connectivity index is 1.73. The fourth-order valence-corrected chi connectivity index (χ4v) is 4.15. The molecule has 1 aliphatic heterocycles. The lowest BCUT2D eigenvalue weighted by Gasteiger charge is -2.23. The number of ether oxygens (including phenoxy) is 1. The number of halogens is 1. The molecule has 0 aromatic heterocycles. The molecule has 1 saturated heterocycles. The normalized spacial score (nSPS) is 16.7. The lowest BCUT2D eigenvalue weighted by Crippen LogP contribution is -2.32. The summed E-state index contributed by atoms with van der Waals surface area (Å²) < 4.78 is 31.4. The summed E-state index contributed by atoms with van der Waals surface area (Å²) in [6.45, 7) is 1.33. The Labute approximate surface area is 170 Å². The van der Waals surface area contributed by atoms with Gasteiger partial charge in [0.2, 0.25) is 10.0 Å². The van der Waals surface area contributed by atoms with Crippen LogP contribution >= 0.6 is 11.6 Å². The molecule has 150 valence electrons. The Bertz CT molecular complexity index is 925. The van der Waals surface area contributed by atoms with Crippen molar-refractivity contribution in [3.63, 3.8) is 0 Å². The maximum Gasteiger partial charge on any atom is 0.251 e. The molecule has 28 heavy (non-hydrogen) atoms. The standard InChI is InChI=1S/C20H23ClN2O4S/c1-28(25,26)23(14-16-5-2-3-7-19(16)21)17-10-8-15(9-11-17)20(24)22-13-18-6-4-12-27-18/h2-3,5,7-11,18H,4,6,12-14H2,1H3,(H,22,24)/t18-/m0/s1. The van der Waals surface area contributed by atoms with E-state index in [4.69, 9.17) is 16.3 Å². The summed E-state index contributed by atoms with van der Waals surface area (Å²) in [4.78, 5) is 12.3. The molecule has 8 heteroatoms. The van der Waals surface area contributed by atoms with E-state index in [1.165, 1.54) is 4.31 Å². The van der Waals surface area contributed by atoms with Crippen LogP contribution < -0.4 is 9.62 Å². The molecule has 0 saturated carbocycles. The van der Waals surface area contributed by atoms with Gasteiger partial charge in [-0.3, -0.25) is 9.10 Å². The van der Waals surface area contributed by atoms with Gasteiger partial charge in [-0.05, 0) is 48.7 Å². The van der Waals surface area contributed by atoms with Crippen molar-refractivity contribution in [1.29, 1.82) is 0 Å². The van der Waals surface area contributed by atoms with Crippen LogP contribution in [0.5, 0.6) is 0 Å². The second kappa shape index (κ2) is 8.94. The number of hydrogen-bond donors (Lipinski definition) is 1. The monoisotopic (exact) mass is 422 g/mol. The highest BCUT2D eigenvalue weighted by Gasteiger charge is 2.20. The third-order valence-corrected chi connectivity index (χ3v) is 6.11. The van der Waals surface area contributed by atoms with Gasteiger partial charge in [0.25, 0.3) is 5.91 Å². The van der Waals surface area contributed by atoms with Crippen LogP contribution in [0.1, 0.15) is 28.8 Å². The molecule has 0 radical (unpaired) electrons. The molecular weight excluding hydrogens is 400 g/mol. The van der Waals surface area contributed by atoms with E-state index in [0.29, 0.717) is 28.4 Å². The molecule has 0 aliphatic carbocycles. The van der Waals surface area contributed by atoms with Gasteiger partial charge in [0.05, 0.1) is 24.6 Å². The number of sulfonamides is 1. The number of benzene rings is 2. The van der Waals surface area contributed by atoms with Crippen molar-refractivity contribution in [1.82, 2.24) is 5.32 Å². The predicted molar refractivity (Wildman–Crippen MR) is 110 cm³/mol. The van der Waals surface area contributed by atoms with Gasteiger partial charge in [-0.1, -0.05) is 29.8 Å². The minimum atomic E-state index is -3.53. The van der Waals surface area contributed by atoms with Gasteiger partial charge in [0.15, 0.2) is 0 Å². The van der Waals surface area contributed by atoms with Gasteiger partial charge in [-0.25, -0.2) is 8.42 Å². The average molecular weight is 423 g/mol. The van der Waals surface area contributed by atoms with Crippen LogP contribution in [0, 0.1) is 0 Å². The van der Waals surface area contributed by atoms with E-state index < -0.39 is 10.0 Å². The van der Waals surface area contributed by atoms with Crippen molar-refractivity contribution in [3.05, 3.63) is 64.7 Å². The Morgan fingerprint density at radius 2 is 1.93 bits per heavy atom. The number of carbonyl (C=O) groups excluding carboxylic acids is 1. The first kappa shape index (κ1) is 20.6. The molecule has 1 atom stereocenters. The van der Waals surface area contributed by atoms with Crippen molar-refractivity contribution in [2.24, 2.45) is 0 Å². The number of nitrogens with zero attached hydrogens (tertiary/aromatic N) is 1. The Kier molecular flexibility index (Phi) is 6.59. The largest absolute Gasteiger partial charge is 0.376 e. The molecule has 1 amide bonds.